The molecule has 1 fully saturated rings. The van der Waals surface area contributed by atoms with E-state index in [1.165, 1.54) is 5.41 Å². The van der Waals surface area contributed by atoms with E-state index in [9.17, 15) is 8.42 Å². The topological polar surface area (TPSA) is 63.4 Å². The molecule has 1 saturated heterocycles. The molecule has 0 aromatic heterocycles. The van der Waals surface area contributed by atoms with Gasteiger partial charge >= 0.3 is 0 Å². The molecule has 2 N–H and O–H groups in total. The molecule has 1 heterocycles. The fourth-order valence-electron chi connectivity index (χ4n) is 2.60. The summed E-state index contributed by atoms with van der Waals surface area (Å²) < 4.78 is 26.5. The zero-order chi connectivity index (χ0) is 14.4. The third kappa shape index (κ3) is 3.91. The lowest BCUT2D eigenvalue weighted by Gasteiger charge is -2.33. The Morgan fingerprint density at radius 2 is 2.00 bits per heavy atom. The summed E-state index contributed by atoms with van der Waals surface area (Å²) >= 11 is 0. The number of piperidine rings is 1. The van der Waals surface area contributed by atoms with Crippen LogP contribution in [-0.4, -0.2) is 31.9 Å². The molecule has 1 aliphatic heterocycles. The van der Waals surface area contributed by atoms with Crippen LogP contribution in [0.25, 0.3) is 6.08 Å². The number of hydrogen-bond acceptors (Lipinski definition) is 3. The Kier molecular flexibility index (Phi) is 5.34. The summed E-state index contributed by atoms with van der Waals surface area (Å²) in [6.07, 6.45) is 5.32. The summed E-state index contributed by atoms with van der Waals surface area (Å²) in [6.45, 7) is 1.13. The Bertz CT molecular complexity index is 538. The Balaban J connectivity index is 2.14. The molecule has 110 valence electrons. The first-order valence-electron chi connectivity index (χ1n) is 7.08. The molecular formula is C15H22N2O2S. The first kappa shape index (κ1) is 15.2. The van der Waals surface area contributed by atoms with Gasteiger partial charge in [0.25, 0.3) is 0 Å². The number of sulfonamides is 1. The first-order chi connectivity index (χ1) is 9.63. The van der Waals surface area contributed by atoms with Crippen LogP contribution in [0.15, 0.2) is 35.7 Å². The van der Waals surface area contributed by atoms with Crippen LogP contribution >= 0.6 is 0 Å². The molecule has 1 unspecified atom stereocenters. The van der Waals surface area contributed by atoms with Crippen molar-refractivity contribution in [3.63, 3.8) is 0 Å². The largest absolute Gasteiger partial charge is 0.330 e. The van der Waals surface area contributed by atoms with Crippen LogP contribution in [0.4, 0.5) is 0 Å². The second kappa shape index (κ2) is 7.02. The monoisotopic (exact) mass is 294 g/mol. The van der Waals surface area contributed by atoms with Gasteiger partial charge in [0.1, 0.15) is 0 Å². The Labute approximate surface area is 121 Å². The Morgan fingerprint density at radius 1 is 1.25 bits per heavy atom. The molecule has 0 bridgehead atoms. The normalized spacial score (nSPS) is 21.4. The van der Waals surface area contributed by atoms with Crippen molar-refractivity contribution in [1.82, 2.24) is 4.31 Å². The summed E-state index contributed by atoms with van der Waals surface area (Å²) in [5.41, 5.74) is 6.48. The number of benzene rings is 1. The summed E-state index contributed by atoms with van der Waals surface area (Å²) in [6, 6.07) is 9.53. The second-order valence-electron chi connectivity index (χ2n) is 5.10. The van der Waals surface area contributed by atoms with Crippen LogP contribution in [0.2, 0.25) is 0 Å². The van der Waals surface area contributed by atoms with Crippen molar-refractivity contribution in [2.45, 2.75) is 31.7 Å². The Morgan fingerprint density at radius 3 is 2.70 bits per heavy atom. The Hall–Kier alpha value is -1.17. The van der Waals surface area contributed by atoms with Crippen LogP contribution in [0.1, 0.15) is 31.2 Å². The summed E-state index contributed by atoms with van der Waals surface area (Å²) in [4.78, 5) is 0. The molecule has 0 aliphatic carbocycles. The van der Waals surface area contributed by atoms with Crippen molar-refractivity contribution >= 4 is 16.1 Å². The summed E-state index contributed by atoms with van der Waals surface area (Å²) in [5, 5.41) is 1.32. The fraction of sp³-hybridized carbons (Fsp3) is 0.467. The molecule has 0 spiro atoms. The van der Waals surface area contributed by atoms with E-state index in [-0.39, 0.29) is 6.04 Å². The fourth-order valence-corrected chi connectivity index (χ4v) is 4.09. The predicted octanol–water partition coefficient (Wildman–Crippen LogP) is 2.19. The zero-order valence-electron chi connectivity index (χ0n) is 11.6. The van der Waals surface area contributed by atoms with Gasteiger partial charge in [0.05, 0.1) is 0 Å². The van der Waals surface area contributed by atoms with Crippen molar-refractivity contribution in [3.05, 3.63) is 41.3 Å². The second-order valence-corrected chi connectivity index (χ2v) is 6.87. The lowest BCUT2D eigenvalue weighted by Crippen LogP contribution is -2.43. The smallest absolute Gasteiger partial charge is 0.236 e. The maximum Gasteiger partial charge on any atom is 0.236 e. The van der Waals surface area contributed by atoms with Crippen LogP contribution in [-0.2, 0) is 10.0 Å². The molecule has 0 radical (unpaired) electrons. The summed E-state index contributed by atoms with van der Waals surface area (Å²) in [5.74, 6) is 0. The summed E-state index contributed by atoms with van der Waals surface area (Å²) in [7, 11) is -3.36. The zero-order valence-corrected chi connectivity index (χ0v) is 12.4. The highest BCUT2D eigenvalue weighted by atomic mass is 32.2. The third-order valence-electron chi connectivity index (χ3n) is 3.63. The van der Waals surface area contributed by atoms with Crippen LogP contribution in [0, 0.1) is 0 Å². The highest BCUT2D eigenvalue weighted by molar-refractivity contribution is 7.92. The lowest BCUT2D eigenvalue weighted by atomic mass is 10.0. The van der Waals surface area contributed by atoms with E-state index in [0.29, 0.717) is 13.1 Å². The SMILES string of the molecule is NCCC1CCCCN1S(=O)(=O)C=Cc1ccccc1. The molecule has 4 nitrogen and oxygen atoms in total. The van der Waals surface area contributed by atoms with E-state index in [4.69, 9.17) is 5.73 Å². The van der Waals surface area contributed by atoms with E-state index in [1.807, 2.05) is 30.3 Å². The highest BCUT2D eigenvalue weighted by Gasteiger charge is 2.29. The molecule has 1 atom stereocenters. The van der Waals surface area contributed by atoms with Gasteiger partial charge in [-0.2, -0.15) is 4.31 Å². The number of nitrogens with zero attached hydrogens (tertiary/aromatic N) is 1. The average molecular weight is 294 g/mol. The van der Waals surface area contributed by atoms with Gasteiger partial charge in [-0.15, -0.1) is 0 Å². The van der Waals surface area contributed by atoms with Gasteiger partial charge in [-0.05, 0) is 37.4 Å². The van der Waals surface area contributed by atoms with Crippen molar-refractivity contribution < 1.29 is 8.42 Å². The molecule has 2 rings (SSSR count). The average Bonchev–Trinajstić information content (AvgIpc) is 2.47. The molecular weight excluding hydrogens is 272 g/mol. The minimum atomic E-state index is -3.36. The molecule has 1 aliphatic rings. The maximum absolute atomic E-state index is 12.4. The quantitative estimate of drug-likeness (QED) is 0.905. The van der Waals surface area contributed by atoms with Gasteiger partial charge in [0.15, 0.2) is 0 Å². The third-order valence-corrected chi connectivity index (χ3v) is 5.25. The van der Waals surface area contributed by atoms with Gasteiger partial charge in [0.2, 0.25) is 10.0 Å². The molecule has 0 amide bonds. The molecule has 1 aromatic carbocycles. The molecule has 1 aromatic rings. The minimum Gasteiger partial charge on any atom is -0.330 e. The van der Waals surface area contributed by atoms with Crippen LogP contribution in [0.3, 0.4) is 0 Å². The van der Waals surface area contributed by atoms with E-state index in [1.54, 1.807) is 10.4 Å². The van der Waals surface area contributed by atoms with Crippen LogP contribution in [0.5, 0.6) is 0 Å². The van der Waals surface area contributed by atoms with E-state index in [2.05, 4.69) is 0 Å². The van der Waals surface area contributed by atoms with E-state index in [0.717, 1.165) is 31.2 Å². The molecule has 0 saturated carbocycles. The number of rotatable bonds is 5. The minimum absolute atomic E-state index is 0.0548. The number of hydrogen-bond donors (Lipinski definition) is 1. The molecule has 5 heteroatoms. The van der Waals surface area contributed by atoms with Gasteiger partial charge in [-0.3, -0.25) is 0 Å². The van der Waals surface area contributed by atoms with Gasteiger partial charge in [0, 0.05) is 18.0 Å². The van der Waals surface area contributed by atoms with Gasteiger partial charge in [-0.1, -0.05) is 36.8 Å². The predicted molar refractivity (Wildman–Crippen MR) is 82.4 cm³/mol. The highest BCUT2D eigenvalue weighted by Crippen LogP contribution is 2.23. The van der Waals surface area contributed by atoms with Gasteiger partial charge in [-0.25, -0.2) is 8.42 Å². The van der Waals surface area contributed by atoms with Crippen molar-refractivity contribution in [1.29, 1.82) is 0 Å². The molecule has 20 heavy (non-hydrogen) atoms. The van der Waals surface area contributed by atoms with E-state index >= 15 is 0 Å². The number of nitrogens with two attached hydrogens (primary N) is 1. The maximum atomic E-state index is 12.4. The van der Waals surface area contributed by atoms with Crippen LogP contribution < -0.4 is 5.73 Å². The van der Waals surface area contributed by atoms with Gasteiger partial charge < -0.3 is 5.73 Å². The van der Waals surface area contributed by atoms with E-state index < -0.39 is 10.0 Å². The lowest BCUT2D eigenvalue weighted by molar-refractivity contribution is 0.246. The first-order valence-corrected chi connectivity index (χ1v) is 8.59. The standard InChI is InChI=1S/C15H22N2O2S/c16-11-9-15-8-4-5-12-17(15)20(18,19)13-10-14-6-2-1-3-7-14/h1-3,6-7,10,13,15H,4-5,8-9,11-12,16H2. The van der Waals surface area contributed by atoms with Crippen molar-refractivity contribution in [2.24, 2.45) is 5.73 Å². The van der Waals surface area contributed by atoms with Crippen molar-refractivity contribution in [3.8, 4) is 0 Å². The van der Waals surface area contributed by atoms with Crippen molar-refractivity contribution in [2.75, 3.05) is 13.1 Å².